The van der Waals surface area contributed by atoms with E-state index in [1.165, 1.54) is 4.90 Å². The largest absolute Gasteiger partial charge is 0.458 e. The quantitative estimate of drug-likeness (QED) is 0.262. The number of ketones is 1. The lowest BCUT2D eigenvalue weighted by atomic mass is 9.73. The molecule has 5 aliphatic heterocycles. The number of amides is 2. The highest BCUT2D eigenvalue weighted by Crippen LogP contribution is 2.45. The van der Waals surface area contributed by atoms with Crippen molar-refractivity contribution in [2.75, 3.05) is 45.8 Å². The number of nitrogens with zero attached hydrogens (tertiary/aromatic N) is 3. The van der Waals surface area contributed by atoms with E-state index in [4.69, 9.17) is 33.3 Å². The molecule has 6 bridgehead atoms. The Morgan fingerprint density at radius 3 is 2.46 bits per heavy atom. The van der Waals surface area contributed by atoms with Crippen molar-refractivity contribution in [3.8, 4) is 0 Å². The van der Waals surface area contributed by atoms with Crippen molar-refractivity contribution in [3.05, 3.63) is 42.5 Å². The molecule has 0 radical (unpaired) electrons. The van der Waals surface area contributed by atoms with Crippen molar-refractivity contribution in [2.45, 2.75) is 135 Å². The van der Waals surface area contributed by atoms with Crippen LogP contribution < -0.4 is 5.32 Å². The van der Waals surface area contributed by atoms with Crippen LogP contribution in [0.2, 0.25) is 0 Å². The number of cyclic esters (lactones) is 1. The van der Waals surface area contributed by atoms with E-state index in [0.29, 0.717) is 17.8 Å². The molecule has 0 aliphatic carbocycles. The summed E-state index contributed by atoms with van der Waals surface area (Å²) in [5.41, 5.74) is -1.79. The van der Waals surface area contributed by atoms with Gasteiger partial charge in [-0.3, -0.25) is 19.3 Å². The Kier molecular flexibility index (Phi) is 13.9. The van der Waals surface area contributed by atoms with Gasteiger partial charge in [0.2, 0.25) is 0 Å². The van der Waals surface area contributed by atoms with Crippen LogP contribution in [0.1, 0.15) is 74.7 Å². The molecule has 5 aliphatic rings. The molecule has 3 unspecified atom stereocenters. The number of aliphatic hydroxyl groups excluding tert-OH is 1. The lowest BCUT2D eigenvalue weighted by molar-refractivity contribution is -0.302. The van der Waals surface area contributed by atoms with Gasteiger partial charge in [0, 0.05) is 35.4 Å². The number of nitrogens with one attached hydrogen (secondary N) is 1. The van der Waals surface area contributed by atoms with Crippen molar-refractivity contribution >= 4 is 45.9 Å². The molecule has 5 saturated heterocycles. The van der Waals surface area contributed by atoms with Crippen LogP contribution in [0, 0.1) is 29.6 Å². The number of carbonyl (C=O) groups is 4. The van der Waals surface area contributed by atoms with Gasteiger partial charge >= 0.3 is 12.1 Å². The van der Waals surface area contributed by atoms with Crippen molar-refractivity contribution in [1.82, 2.24) is 9.80 Å². The number of likely N-dealkylation sites (N-methyl/N-ethyl adjacent to an activating group) is 1. The highest BCUT2D eigenvalue weighted by molar-refractivity contribution is 5.95. The minimum absolute atomic E-state index is 0.0325. The van der Waals surface area contributed by atoms with Gasteiger partial charge in [-0.25, -0.2) is 4.79 Å². The summed E-state index contributed by atoms with van der Waals surface area (Å²) >= 11 is 0. The molecule has 2 aromatic rings. The topological polar surface area (TPSA) is 184 Å². The first-order valence-corrected chi connectivity index (χ1v) is 22.5. The zero-order valence-electron chi connectivity index (χ0n) is 38.3. The highest BCUT2D eigenvalue weighted by Gasteiger charge is 2.61. The number of rotatable bonds is 8. The van der Waals surface area contributed by atoms with Crippen LogP contribution in [-0.4, -0.2) is 145 Å². The van der Waals surface area contributed by atoms with Gasteiger partial charge in [0.1, 0.15) is 18.0 Å². The van der Waals surface area contributed by atoms with Crippen molar-refractivity contribution in [3.63, 3.8) is 0 Å². The molecule has 2 N–H and O–H groups in total. The second-order valence-electron chi connectivity index (χ2n) is 19.1. The van der Waals surface area contributed by atoms with E-state index in [0.717, 1.165) is 10.8 Å². The first-order valence-electron chi connectivity index (χ1n) is 22.5. The zero-order valence-corrected chi connectivity index (χ0v) is 38.3. The van der Waals surface area contributed by atoms with E-state index in [1.54, 1.807) is 20.8 Å². The second kappa shape index (κ2) is 18.7. The summed E-state index contributed by atoms with van der Waals surface area (Å²) in [6, 6.07) is 12.2. The van der Waals surface area contributed by atoms with Crippen molar-refractivity contribution < 1.29 is 57.5 Å². The van der Waals surface area contributed by atoms with Crippen LogP contribution in [0.3, 0.4) is 0 Å². The summed E-state index contributed by atoms with van der Waals surface area (Å²) in [5, 5.41) is 21.2. The second-order valence-corrected chi connectivity index (χ2v) is 19.1. The summed E-state index contributed by atoms with van der Waals surface area (Å²) in [4.78, 5) is 66.1. The number of oxime groups is 1. The molecule has 0 saturated carbocycles. The minimum Gasteiger partial charge on any atom is -0.458 e. The van der Waals surface area contributed by atoms with E-state index in [9.17, 15) is 24.3 Å². The Labute approximate surface area is 370 Å². The molecule has 5 fully saturated rings. The number of fused-ring (bicyclic) bond motifs is 6. The average molecular weight is 879 g/mol. The SMILES string of the molecule is CC[C@H]1OC(=O)[C@H](C)[C@H]2OCC3COC(C)(C[C@@H](C)C(=O)[C@H](C)[C@@H]4N(C/C3=N/OCC(=O)Nc3ccc5ccccc5c3)C(=O)OC41C)[C@H](O[C@@H]1O[C@H](C)C[C@H](N(C)C)[C@H]1O)[C@H]2C. The number of esters is 1. The molecular weight excluding hydrogens is 813 g/mol. The lowest BCUT2D eigenvalue weighted by Gasteiger charge is -2.48. The Hall–Kier alpha value is -4.19. The molecule has 0 spiro atoms. The van der Waals surface area contributed by atoms with Crippen molar-refractivity contribution in [2.24, 2.45) is 34.7 Å². The van der Waals surface area contributed by atoms with Crippen molar-refractivity contribution in [1.29, 1.82) is 0 Å². The molecule has 5 heterocycles. The number of benzene rings is 2. The van der Waals surface area contributed by atoms with E-state index in [1.807, 2.05) is 96.1 Å². The number of aliphatic hydroxyl groups is 1. The fourth-order valence-corrected chi connectivity index (χ4v) is 10.8. The predicted octanol–water partition coefficient (Wildman–Crippen LogP) is 5.18. The molecule has 7 rings (SSSR count). The number of hydrogen-bond donors (Lipinski definition) is 2. The van der Waals surface area contributed by atoms with Gasteiger partial charge in [-0.15, -0.1) is 0 Å². The van der Waals surface area contributed by atoms with Gasteiger partial charge in [-0.05, 0) is 84.0 Å². The highest BCUT2D eigenvalue weighted by atomic mass is 16.7. The third-order valence-corrected chi connectivity index (χ3v) is 14.2. The number of hydrogen-bond acceptors (Lipinski definition) is 14. The van der Waals surface area contributed by atoms with Gasteiger partial charge in [0.05, 0.1) is 61.3 Å². The Morgan fingerprint density at radius 2 is 1.75 bits per heavy atom. The minimum atomic E-state index is -1.44. The van der Waals surface area contributed by atoms with Gasteiger partial charge in [0.15, 0.2) is 18.5 Å². The zero-order chi connectivity index (χ0) is 45.5. The summed E-state index contributed by atoms with van der Waals surface area (Å²) in [5.74, 6) is -4.79. The van der Waals surface area contributed by atoms with Crippen LogP contribution in [0.5, 0.6) is 0 Å². The molecule has 15 atom stereocenters. The number of ether oxygens (including phenoxy) is 6. The standard InChI is InChI=1S/C47H66N4O12/c1-11-36-47(8)41-27(4)38(53)25(2)20-46(7)42(62-44-39(54)35(50(9)10)18-26(3)60-44)28(5)40(29(6)43(55)61-36)57-22-32(23-58-46)34(21-51(41)45(56)63-47)49-59-24-37(52)48-33-17-16-30-14-12-13-15-31(30)19-33/h12-17,19,25-29,32,35-36,39-42,44,54H,11,18,20-24H2,1-10H3,(H,48,52)/b49-34-/t25-,26-,27+,28+,29-,32?,35+,36-,39-,40+,41+,42-,44+,46?,47?/m1/s1. The summed E-state index contributed by atoms with van der Waals surface area (Å²) in [6.45, 7) is 14.0. The van der Waals surface area contributed by atoms with Crippen LogP contribution in [0.25, 0.3) is 10.8 Å². The third-order valence-electron chi connectivity index (χ3n) is 14.2. The molecule has 16 heteroatoms. The van der Waals surface area contributed by atoms with Crippen LogP contribution in [0.15, 0.2) is 47.6 Å². The maximum Gasteiger partial charge on any atom is 0.411 e. The molecule has 63 heavy (non-hydrogen) atoms. The van der Waals surface area contributed by atoms with Gasteiger partial charge in [-0.1, -0.05) is 63.2 Å². The Morgan fingerprint density at radius 1 is 1.02 bits per heavy atom. The molecule has 346 valence electrons. The monoisotopic (exact) mass is 878 g/mol. The number of carbonyl (C=O) groups excluding carboxylic acids is 4. The van der Waals surface area contributed by atoms with Gasteiger partial charge < -0.3 is 48.6 Å². The van der Waals surface area contributed by atoms with E-state index in [-0.39, 0.29) is 50.5 Å². The van der Waals surface area contributed by atoms with E-state index >= 15 is 0 Å². The number of anilines is 1. The van der Waals surface area contributed by atoms with E-state index < -0.39 is 102 Å². The maximum atomic E-state index is 14.9. The first-order chi connectivity index (χ1) is 29.8. The summed E-state index contributed by atoms with van der Waals surface area (Å²) in [6.07, 6.45) is -4.71. The van der Waals surface area contributed by atoms with Crippen LogP contribution in [-0.2, 0) is 47.6 Å². The Balaban J connectivity index is 1.31. The molecule has 2 amide bonds. The van der Waals surface area contributed by atoms with E-state index in [2.05, 4.69) is 10.5 Å². The smallest absolute Gasteiger partial charge is 0.411 e. The molecule has 0 aromatic heterocycles. The first kappa shape index (κ1) is 46.8. The van der Waals surface area contributed by atoms with Gasteiger partial charge in [-0.2, -0.15) is 0 Å². The predicted molar refractivity (Wildman–Crippen MR) is 233 cm³/mol. The van der Waals surface area contributed by atoms with Gasteiger partial charge in [0.25, 0.3) is 5.91 Å². The fourth-order valence-electron chi connectivity index (χ4n) is 10.8. The number of Topliss-reactive ketones (excluding diaryl/α,β-unsaturated/α-hetero) is 1. The molecule has 16 nitrogen and oxygen atoms in total. The van der Waals surface area contributed by atoms with Crippen LogP contribution >= 0.6 is 0 Å². The van der Waals surface area contributed by atoms with Crippen LogP contribution in [0.4, 0.5) is 10.5 Å². The molecular formula is C47H66N4O12. The third kappa shape index (κ3) is 9.35. The average Bonchev–Trinajstić information content (AvgIpc) is 3.52. The summed E-state index contributed by atoms with van der Waals surface area (Å²) < 4.78 is 39.7. The lowest BCUT2D eigenvalue weighted by Crippen LogP contribution is -2.61. The normalized spacial score (nSPS) is 39.6. The summed E-state index contributed by atoms with van der Waals surface area (Å²) in [7, 11) is 3.80. The molecule has 2 aromatic carbocycles. The maximum absolute atomic E-state index is 14.9. The Bertz CT molecular complexity index is 2050. The fraction of sp³-hybridized carbons (Fsp3) is 0.681.